The zero-order valence-electron chi connectivity index (χ0n) is 6.62. The maximum atomic E-state index is 11.4. The van der Waals surface area contributed by atoms with Gasteiger partial charge in [0.1, 0.15) is 4.66 Å². The van der Waals surface area contributed by atoms with Gasteiger partial charge >= 0.3 is 0 Å². The molecule has 0 bridgehead atoms. The van der Waals surface area contributed by atoms with E-state index < -0.39 is 9.84 Å². The van der Waals surface area contributed by atoms with Gasteiger partial charge in [-0.15, -0.1) is 0 Å². The van der Waals surface area contributed by atoms with Gasteiger partial charge in [0.2, 0.25) is 0 Å². The van der Waals surface area contributed by atoms with E-state index in [0.717, 1.165) is 5.56 Å². The Labute approximate surface area is 80.7 Å². The Morgan fingerprint density at radius 3 is 2.42 bits per heavy atom. The molecule has 0 aliphatic rings. The first-order valence-electron chi connectivity index (χ1n) is 3.42. The Kier molecular flexibility index (Phi) is 2.90. The molecule has 0 atom stereocenters. The first-order chi connectivity index (χ1) is 5.58. The van der Waals surface area contributed by atoms with Gasteiger partial charge in [-0.3, -0.25) is 0 Å². The van der Waals surface area contributed by atoms with Crippen molar-refractivity contribution in [2.75, 3.05) is 4.66 Å². The molecule has 0 N–H and O–H groups in total. The van der Waals surface area contributed by atoms with E-state index in [4.69, 9.17) is 0 Å². The van der Waals surface area contributed by atoms with Gasteiger partial charge in [0.15, 0.2) is 9.84 Å². The van der Waals surface area contributed by atoms with Crippen molar-refractivity contribution in [3.8, 4) is 0 Å². The number of halogens is 1. The summed E-state index contributed by atoms with van der Waals surface area (Å²) >= 11 is 2.95. The molecule has 2 nitrogen and oxygen atoms in total. The van der Waals surface area contributed by atoms with Gasteiger partial charge in [-0.2, -0.15) is 0 Å². The number of benzene rings is 1. The minimum atomic E-state index is -3.11. The van der Waals surface area contributed by atoms with Gasteiger partial charge in [0.05, 0.1) is 4.90 Å². The minimum absolute atomic E-state index is 0.0230. The van der Waals surface area contributed by atoms with Crippen LogP contribution >= 0.6 is 15.9 Å². The van der Waals surface area contributed by atoms with Gasteiger partial charge < -0.3 is 0 Å². The van der Waals surface area contributed by atoms with E-state index in [1.54, 1.807) is 25.1 Å². The van der Waals surface area contributed by atoms with Crippen molar-refractivity contribution in [2.24, 2.45) is 0 Å². The van der Waals surface area contributed by atoms with Crippen LogP contribution in [0.1, 0.15) is 5.56 Å². The van der Waals surface area contributed by atoms with Gasteiger partial charge in [-0.1, -0.05) is 34.1 Å². The Hall–Kier alpha value is -0.350. The molecule has 0 saturated carbocycles. The van der Waals surface area contributed by atoms with Crippen LogP contribution < -0.4 is 0 Å². The predicted molar refractivity (Wildman–Crippen MR) is 52.2 cm³/mol. The normalized spacial score (nSPS) is 11.5. The van der Waals surface area contributed by atoms with Crippen LogP contribution in [0.5, 0.6) is 0 Å². The van der Waals surface area contributed by atoms with Crippen molar-refractivity contribution in [2.45, 2.75) is 11.8 Å². The number of sulfone groups is 1. The van der Waals surface area contributed by atoms with E-state index in [-0.39, 0.29) is 4.66 Å². The smallest absolute Gasteiger partial charge is 0.188 e. The Bertz CT molecular complexity index is 370. The van der Waals surface area contributed by atoms with Gasteiger partial charge in [-0.05, 0) is 18.6 Å². The third kappa shape index (κ3) is 1.87. The number of alkyl halides is 1. The zero-order chi connectivity index (χ0) is 9.19. The Morgan fingerprint density at radius 1 is 1.33 bits per heavy atom. The topological polar surface area (TPSA) is 34.1 Å². The zero-order valence-corrected chi connectivity index (χ0v) is 9.02. The minimum Gasteiger partial charge on any atom is -0.223 e. The molecule has 66 valence electrons. The SMILES string of the molecule is Cc1ccccc1S(=O)(=O)CBr. The second-order valence-corrected chi connectivity index (χ2v) is 5.75. The largest absolute Gasteiger partial charge is 0.223 e. The average molecular weight is 249 g/mol. The maximum absolute atomic E-state index is 11.4. The number of rotatable bonds is 2. The van der Waals surface area contributed by atoms with Crippen molar-refractivity contribution < 1.29 is 8.42 Å². The summed E-state index contributed by atoms with van der Waals surface area (Å²) in [6.07, 6.45) is 0. The van der Waals surface area contributed by atoms with Crippen LogP contribution in [0.4, 0.5) is 0 Å². The molecule has 0 spiro atoms. The highest BCUT2D eigenvalue weighted by Crippen LogP contribution is 2.16. The summed E-state index contributed by atoms with van der Waals surface area (Å²) in [7, 11) is -3.11. The summed E-state index contributed by atoms with van der Waals surface area (Å²) in [6, 6.07) is 6.95. The lowest BCUT2D eigenvalue weighted by atomic mass is 10.2. The molecule has 1 rings (SSSR count). The van der Waals surface area contributed by atoms with Crippen LogP contribution in [0.2, 0.25) is 0 Å². The van der Waals surface area contributed by atoms with Crippen molar-refractivity contribution in [3.63, 3.8) is 0 Å². The van der Waals surface area contributed by atoms with Gasteiger partial charge in [0, 0.05) is 0 Å². The molecule has 0 saturated heterocycles. The highest BCUT2D eigenvalue weighted by Gasteiger charge is 2.13. The first-order valence-corrected chi connectivity index (χ1v) is 6.19. The second kappa shape index (κ2) is 3.58. The molecular weight excluding hydrogens is 240 g/mol. The van der Waals surface area contributed by atoms with Crippen LogP contribution in [-0.2, 0) is 9.84 Å². The van der Waals surface area contributed by atoms with Gasteiger partial charge in [-0.25, -0.2) is 8.42 Å². The molecule has 0 fully saturated rings. The van der Waals surface area contributed by atoms with E-state index >= 15 is 0 Å². The molecule has 0 aliphatic carbocycles. The third-order valence-corrected chi connectivity index (χ3v) is 4.80. The highest BCUT2D eigenvalue weighted by atomic mass is 79.9. The second-order valence-electron chi connectivity index (χ2n) is 2.49. The van der Waals surface area contributed by atoms with E-state index in [0.29, 0.717) is 4.90 Å². The predicted octanol–water partition coefficient (Wildman–Crippen LogP) is 2.12. The lowest BCUT2D eigenvalue weighted by Crippen LogP contribution is -2.03. The van der Waals surface area contributed by atoms with Crippen LogP contribution in [-0.4, -0.2) is 13.1 Å². The fourth-order valence-electron chi connectivity index (χ4n) is 0.964. The van der Waals surface area contributed by atoms with Gasteiger partial charge in [0.25, 0.3) is 0 Å². The van der Waals surface area contributed by atoms with Crippen LogP contribution in [0, 0.1) is 6.92 Å². The number of aryl methyl sites for hydroxylation is 1. The molecule has 0 unspecified atom stereocenters. The molecule has 0 aliphatic heterocycles. The van der Waals surface area contributed by atoms with Crippen molar-refractivity contribution >= 4 is 25.8 Å². The Balaban J connectivity index is 3.30. The summed E-state index contributed by atoms with van der Waals surface area (Å²) in [5, 5.41) is 0. The number of hydrogen-bond acceptors (Lipinski definition) is 2. The van der Waals surface area contributed by atoms with Crippen molar-refractivity contribution in [1.82, 2.24) is 0 Å². The third-order valence-electron chi connectivity index (χ3n) is 1.57. The molecule has 4 heteroatoms. The maximum Gasteiger partial charge on any atom is 0.188 e. The van der Waals surface area contributed by atoms with Crippen LogP contribution in [0.25, 0.3) is 0 Å². The fraction of sp³-hybridized carbons (Fsp3) is 0.250. The van der Waals surface area contributed by atoms with Crippen LogP contribution in [0.3, 0.4) is 0 Å². The Morgan fingerprint density at radius 2 is 1.92 bits per heavy atom. The van der Waals surface area contributed by atoms with Crippen LogP contribution in [0.15, 0.2) is 29.2 Å². The highest BCUT2D eigenvalue weighted by molar-refractivity contribution is 9.10. The molecule has 0 amide bonds. The standard InChI is InChI=1S/C8H9BrO2S/c1-7-4-2-3-5-8(7)12(10,11)6-9/h2-5H,6H2,1H3. The quantitative estimate of drug-likeness (QED) is 0.752. The molecular formula is C8H9BrO2S. The summed E-state index contributed by atoms with van der Waals surface area (Å²) < 4.78 is 22.7. The monoisotopic (exact) mass is 248 g/mol. The lowest BCUT2D eigenvalue weighted by molar-refractivity contribution is 0.600. The summed E-state index contributed by atoms with van der Waals surface area (Å²) in [4.78, 5) is 0.405. The summed E-state index contributed by atoms with van der Waals surface area (Å²) in [5.41, 5.74) is 0.789. The molecule has 0 aromatic heterocycles. The molecule has 1 aromatic carbocycles. The molecule has 12 heavy (non-hydrogen) atoms. The molecule has 1 aromatic rings. The average Bonchev–Trinajstić information content (AvgIpc) is 2.05. The summed E-state index contributed by atoms with van der Waals surface area (Å²) in [5.74, 6) is 0. The van der Waals surface area contributed by atoms with Crippen molar-refractivity contribution in [3.05, 3.63) is 29.8 Å². The van der Waals surface area contributed by atoms with E-state index in [9.17, 15) is 8.42 Å². The number of hydrogen-bond donors (Lipinski definition) is 0. The molecule has 0 radical (unpaired) electrons. The van der Waals surface area contributed by atoms with E-state index in [2.05, 4.69) is 15.9 Å². The van der Waals surface area contributed by atoms with E-state index in [1.165, 1.54) is 0 Å². The van der Waals surface area contributed by atoms with Crippen molar-refractivity contribution in [1.29, 1.82) is 0 Å². The lowest BCUT2D eigenvalue weighted by Gasteiger charge is -2.02. The first kappa shape index (κ1) is 9.74. The summed E-state index contributed by atoms with van der Waals surface area (Å²) in [6.45, 7) is 1.79. The molecule has 0 heterocycles. The fourth-order valence-corrected chi connectivity index (χ4v) is 2.67. The van der Waals surface area contributed by atoms with E-state index in [1.807, 2.05) is 6.07 Å².